The van der Waals surface area contributed by atoms with Crippen LogP contribution in [0.2, 0.25) is 22.2 Å². The third kappa shape index (κ3) is 19.8. The summed E-state index contributed by atoms with van der Waals surface area (Å²) in [7, 11) is -28.9. The Morgan fingerprint density at radius 3 is 1.22 bits per heavy atom. The van der Waals surface area contributed by atoms with Crippen LogP contribution in [0, 0.1) is 20.8 Å². The quantitative estimate of drug-likeness (QED) is 0.0282. The summed E-state index contributed by atoms with van der Waals surface area (Å²) in [5, 5.41) is 0. The number of aromatic nitrogens is 6. The first kappa shape index (κ1) is 75.1. The van der Waals surface area contributed by atoms with Gasteiger partial charge in [-0.25, -0.2) is 14.4 Å². The first-order chi connectivity index (χ1) is 41.3. The van der Waals surface area contributed by atoms with Gasteiger partial charge in [0.15, 0.2) is 0 Å². The van der Waals surface area contributed by atoms with E-state index in [1.807, 2.05) is 60.4 Å². The lowest BCUT2D eigenvalue weighted by Crippen LogP contribution is -2.62. The molecule has 0 bridgehead atoms. The molecule has 0 aromatic carbocycles. The van der Waals surface area contributed by atoms with E-state index in [1.165, 1.54) is 27.0 Å². The monoisotopic (exact) mass is 1400 g/mol. The Hall–Kier alpha value is -2.98. The molecule has 3 aliphatic rings. The molecule has 3 aromatic heterocycles. The van der Waals surface area contributed by atoms with Crippen molar-refractivity contribution in [2.45, 2.75) is 186 Å². The summed E-state index contributed by atoms with van der Waals surface area (Å²) in [6, 6.07) is 0. The normalized spacial score (nSPS) is 24.9. The summed E-state index contributed by atoms with van der Waals surface area (Å²) in [6.07, 6.45) is -10.8. The maximum atomic E-state index is 14.2. The summed E-state index contributed by atoms with van der Waals surface area (Å²) >= 11 is 4.06. The highest BCUT2D eigenvalue weighted by atomic mass is 32.1. The number of aryl methyl sites for hydroxylation is 3. The zero-order valence-electron chi connectivity index (χ0n) is 50.7. The van der Waals surface area contributed by atoms with E-state index in [4.69, 9.17) is 54.3 Å². The van der Waals surface area contributed by atoms with Gasteiger partial charge in [0, 0.05) is 61.2 Å². The Morgan fingerprint density at radius 1 is 0.517 bits per heavy atom. The maximum Gasteiger partial charge on any atom is 0.335 e. The zero-order chi connectivity index (χ0) is 66.4. The largest absolute Gasteiger partial charge is 0.790 e. The predicted molar refractivity (Wildman–Crippen MR) is 311 cm³/mol. The standard InChI is InChI=1S/C48H82N6O28P4SSi2/c1-27(2)88(28(3)4,75-16-12-14-70-84(64,65)71-15-13-17-87)82-89(29(5)6,30(7)8)81-36-20-42(54-23-33(11)45(57)51-48(54)60)78-39(36)26-74-86(68,69)80-35-19-41(53-22-32(10)44(56)50-47(53)59)77-38(35)25-73-85(66,67)79-34-18-40(76-37(34)24-72-83(61,62)63)52-21-31(9)43(55)49-46(52)58/h21-23,27-30,34-42,87H,12-20,24-26H2,1-11H3,(H,64,65)(H,66,67)(H,68,69)(H,49,55,58)(H,50,56,59)(H,51,57,60)(H2,61,62,63)/p-5. The van der Waals surface area contributed by atoms with Gasteiger partial charge in [0.2, 0.25) is 0 Å². The van der Waals surface area contributed by atoms with Gasteiger partial charge in [0.1, 0.15) is 37.0 Å². The van der Waals surface area contributed by atoms with Gasteiger partial charge in [0.05, 0.1) is 59.2 Å². The summed E-state index contributed by atoms with van der Waals surface area (Å²) in [6.45, 7) is 16.0. The first-order valence-corrected chi connectivity index (χ1v) is 38.8. The van der Waals surface area contributed by atoms with E-state index in [0.29, 0.717) is 12.2 Å². The fourth-order valence-corrected chi connectivity index (χ4v) is 24.8. The molecule has 0 aliphatic carbocycles. The fourth-order valence-electron chi connectivity index (χ4n) is 10.4. The molecule has 3 aliphatic heterocycles. The Morgan fingerprint density at radius 2 is 0.865 bits per heavy atom. The van der Waals surface area contributed by atoms with Crippen LogP contribution in [0.3, 0.4) is 0 Å². The molecule has 3 N–H and O–H groups in total. The second-order valence-electron chi connectivity index (χ2n) is 22.8. The van der Waals surface area contributed by atoms with Crippen LogP contribution in [0.4, 0.5) is 0 Å². The second kappa shape index (κ2) is 31.1. The number of nitrogens with one attached hydrogen (secondary N) is 3. The van der Waals surface area contributed by atoms with Crippen LogP contribution in [0.15, 0.2) is 47.4 Å². The molecular formula is C48H77N6O28P4SSi2-5. The van der Waals surface area contributed by atoms with Crippen molar-refractivity contribution in [3.63, 3.8) is 0 Å². The molecule has 3 aromatic rings. The van der Waals surface area contributed by atoms with Crippen molar-refractivity contribution in [1.29, 1.82) is 0 Å². The maximum absolute atomic E-state index is 14.2. The van der Waals surface area contributed by atoms with Crippen molar-refractivity contribution < 1.29 is 102 Å². The summed E-state index contributed by atoms with van der Waals surface area (Å²) in [5.74, 6) is 0.411. The van der Waals surface area contributed by atoms with E-state index >= 15 is 0 Å². The molecule has 6 heterocycles. The van der Waals surface area contributed by atoms with E-state index in [2.05, 4.69) is 27.1 Å². The van der Waals surface area contributed by atoms with Gasteiger partial charge in [-0.2, -0.15) is 12.6 Å². The Labute approximate surface area is 518 Å². The Kier molecular flexibility index (Phi) is 26.2. The smallest absolute Gasteiger partial charge is 0.335 e. The molecule has 12 unspecified atom stereocenters. The van der Waals surface area contributed by atoms with Gasteiger partial charge in [-0.05, 0) is 61.5 Å². The third-order valence-electron chi connectivity index (χ3n) is 14.9. The van der Waals surface area contributed by atoms with Crippen LogP contribution in [0.1, 0.15) is 123 Å². The van der Waals surface area contributed by atoms with Gasteiger partial charge in [-0.1, -0.05) is 55.4 Å². The van der Waals surface area contributed by atoms with Crippen molar-refractivity contribution in [2.75, 3.05) is 45.4 Å². The highest BCUT2D eigenvalue weighted by molar-refractivity contribution is 7.80. The molecule has 12 atom stereocenters. The minimum absolute atomic E-state index is 0.0102. The average molecular weight is 1400 g/mol. The lowest BCUT2D eigenvalue weighted by atomic mass is 10.2. The van der Waals surface area contributed by atoms with E-state index in [9.17, 15) is 71.5 Å². The number of hydrogen-bond donors (Lipinski definition) is 4. The van der Waals surface area contributed by atoms with Crippen molar-refractivity contribution >= 4 is 61.0 Å². The Bertz CT molecular complexity index is 3470. The van der Waals surface area contributed by atoms with Crippen LogP contribution in [0.5, 0.6) is 0 Å². The number of nitrogens with zero attached hydrogens (tertiary/aromatic N) is 3. The lowest BCUT2D eigenvalue weighted by molar-refractivity contribution is -0.343. The van der Waals surface area contributed by atoms with Crippen LogP contribution in [0.25, 0.3) is 0 Å². The molecule has 0 radical (unpaired) electrons. The molecule has 0 saturated carbocycles. The molecule has 506 valence electrons. The SMILES string of the molecule is Cc1cn(C2CC(O[Si](O[Si](OCCCOP(=O)([O-])OCCCS)(C(C)C)C(C)C)(C(C)C)C(C)C)C(COP(=O)([O-])OC3CC(n4cc(C)c(=O)[nH]c4=O)OC3COP(=O)([O-])OC3CC(n4cc(C)c(=O)[nH]c4=O)OC3COP(=O)([O-])[O-])O2)c(=O)[nH]c1=O. The highest BCUT2D eigenvalue weighted by Gasteiger charge is 2.58. The molecule has 89 heavy (non-hydrogen) atoms. The van der Waals surface area contributed by atoms with E-state index in [-0.39, 0.29) is 71.5 Å². The van der Waals surface area contributed by atoms with Gasteiger partial charge in [0.25, 0.3) is 40.1 Å². The highest BCUT2D eigenvalue weighted by Crippen LogP contribution is 2.51. The van der Waals surface area contributed by atoms with Gasteiger partial charge < -0.3 is 87.9 Å². The van der Waals surface area contributed by atoms with Crippen LogP contribution in [-0.4, -0.2) is 128 Å². The number of phosphoric acid groups is 4. The number of H-pyrrole nitrogens is 3. The molecule has 0 amide bonds. The minimum Gasteiger partial charge on any atom is -0.790 e. The predicted octanol–water partition coefficient (Wildman–Crippen LogP) is 1.16. The molecule has 6 rings (SSSR count). The molecular weight excluding hydrogens is 1320 g/mol. The first-order valence-electron chi connectivity index (χ1n) is 28.4. The van der Waals surface area contributed by atoms with E-state index in [1.54, 1.807) is 0 Å². The lowest BCUT2D eigenvalue weighted by Gasteiger charge is -2.49. The number of rotatable bonds is 34. The number of aromatic amines is 3. The van der Waals surface area contributed by atoms with Gasteiger partial charge in [-0.3, -0.25) is 56.7 Å². The number of thiol groups is 1. The Balaban J connectivity index is 1.26. The topological polar surface area (TPSA) is 468 Å². The average Bonchev–Trinajstić information content (AvgIpc) is 1.75. The van der Waals surface area contributed by atoms with E-state index in [0.717, 1.165) is 26.1 Å². The van der Waals surface area contributed by atoms with E-state index < -0.39 is 170 Å². The second-order valence-corrected chi connectivity index (χ2v) is 37.3. The van der Waals surface area contributed by atoms with Crippen molar-refractivity contribution in [1.82, 2.24) is 28.7 Å². The zero-order valence-corrected chi connectivity index (χ0v) is 57.2. The molecule has 34 nitrogen and oxygen atoms in total. The number of phosphoric ester groups is 4. The number of hydrogen-bond acceptors (Lipinski definition) is 29. The van der Waals surface area contributed by atoms with Crippen LogP contribution in [-0.2, 0) is 77.1 Å². The molecule has 3 fully saturated rings. The summed E-state index contributed by atoms with van der Waals surface area (Å²) in [4.78, 5) is 146. The van der Waals surface area contributed by atoms with Crippen molar-refractivity contribution in [3.8, 4) is 0 Å². The van der Waals surface area contributed by atoms with Crippen LogP contribution >= 0.6 is 43.9 Å². The van der Waals surface area contributed by atoms with Gasteiger partial charge in [-0.15, -0.1) is 0 Å². The molecule has 41 heteroatoms. The third-order valence-corrected chi connectivity index (χ3v) is 29.0. The minimum atomic E-state index is -5.70. The number of ether oxygens (including phenoxy) is 3. The van der Waals surface area contributed by atoms with Crippen molar-refractivity contribution in [2.24, 2.45) is 0 Å². The summed E-state index contributed by atoms with van der Waals surface area (Å²) in [5.41, 5.74) is -6.15. The van der Waals surface area contributed by atoms with Gasteiger partial charge >= 0.3 is 34.2 Å². The molecule has 3 saturated heterocycles. The van der Waals surface area contributed by atoms with Crippen LogP contribution < -0.4 is 58.2 Å². The van der Waals surface area contributed by atoms with Crippen molar-refractivity contribution in [3.05, 3.63) is 97.8 Å². The summed E-state index contributed by atoms with van der Waals surface area (Å²) < 4.78 is 130. The molecule has 0 spiro atoms. The fraction of sp³-hybridized carbons (Fsp3) is 0.750.